The standard InChI is InChI=1S/C8H13NO6S/c10-3-6(8(12)13)9-7(11)5-1-2-16(14,15)4-5/h5-6,10H,1-4H2,(H,9,11)(H,12,13)/t5?,6-/m1/s1. The van der Waals surface area contributed by atoms with E-state index in [1.165, 1.54) is 0 Å². The molecule has 2 atom stereocenters. The maximum absolute atomic E-state index is 11.5. The largest absolute Gasteiger partial charge is 0.480 e. The number of carbonyl (C=O) groups is 2. The molecule has 0 aromatic carbocycles. The van der Waals surface area contributed by atoms with Gasteiger partial charge >= 0.3 is 5.97 Å². The van der Waals surface area contributed by atoms with E-state index in [1.807, 2.05) is 0 Å². The minimum Gasteiger partial charge on any atom is -0.480 e. The van der Waals surface area contributed by atoms with E-state index < -0.39 is 40.3 Å². The normalized spacial score (nSPS) is 24.9. The zero-order valence-corrected chi connectivity index (χ0v) is 9.24. The molecule has 1 rings (SSSR count). The Bertz CT molecular complexity index is 389. The van der Waals surface area contributed by atoms with Crippen molar-refractivity contribution in [1.29, 1.82) is 0 Å². The fourth-order valence-electron chi connectivity index (χ4n) is 1.48. The number of carboxylic acid groups (broad SMARTS) is 1. The lowest BCUT2D eigenvalue weighted by molar-refractivity contribution is -0.143. The van der Waals surface area contributed by atoms with Gasteiger partial charge in [0.2, 0.25) is 5.91 Å². The summed E-state index contributed by atoms with van der Waals surface area (Å²) in [5.41, 5.74) is 0. The summed E-state index contributed by atoms with van der Waals surface area (Å²) < 4.78 is 22.2. The highest BCUT2D eigenvalue weighted by molar-refractivity contribution is 7.91. The van der Waals surface area contributed by atoms with Crippen molar-refractivity contribution >= 4 is 21.7 Å². The number of hydrogen-bond donors (Lipinski definition) is 3. The first-order valence-corrected chi connectivity index (χ1v) is 6.52. The van der Waals surface area contributed by atoms with Crippen LogP contribution in [0, 0.1) is 5.92 Å². The van der Waals surface area contributed by atoms with Gasteiger partial charge in [0.1, 0.15) is 6.04 Å². The van der Waals surface area contributed by atoms with Crippen molar-refractivity contribution in [1.82, 2.24) is 5.32 Å². The number of aliphatic carboxylic acids is 1. The second kappa shape index (κ2) is 4.79. The fraction of sp³-hybridized carbons (Fsp3) is 0.750. The molecule has 1 aliphatic rings. The SMILES string of the molecule is O=C(N[C@H](CO)C(=O)O)C1CCS(=O)(=O)C1. The maximum Gasteiger partial charge on any atom is 0.328 e. The van der Waals surface area contributed by atoms with Crippen molar-refractivity contribution in [2.75, 3.05) is 18.1 Å². The summed E-state index contributed by atoms with van der Waals surface area (Å²) in [6, 6.07) is -1.38. The Hall–Kier alpha value is -1.15. The molecule has 1 unspecified atom stereocenters. The molecule has 0 radical (unpaired) electrons. The van der Waals surface area contributed by atoms with Gasteiger partial charge in [-0.15, -0.1) is 0 Å². The Balaban J connectivity index is 2.57. The summed E-state index contributed by atoms with van der Waals surface area (Å²) in [5, 5.41) is 19.3. The summed E-state index contributed by atoms with van der Waals surface area (Å²) in [6.45, 7) is -0.722. The Kier molecular flexibility index (Phi) is 3.87. The predicted octanol–water partition coefficient (Wildman–Crippen LogP) is -2.02. The van der Waals surface area contributed by atoms with Crippen molar-refractivity contribution < 1.29 is 28.2 Å². The van der Waals surface area contributed by atoms with E-state index in [1.54, 1.807) is 0 Å². The van der Waals surface area contributed by atoms with Crippen molar-refractivity contribution in [2.24, 2.45) is 5.92 Å². The first-order valence-electron chi connectivity index (χ1n) is 4.70. The number of carbonyl (C=O) groups excluding carboxylic acids is 1. The lowest BCUT2D eigenvalue weighted by atomic mass is 10.1. The Morgan fingerprint density at radius 1 is 1.44 bits per heavy atom. The van der Waals surface area contributed by atoms with Gasteiger partial charge in [-0.1, -0.05) is 0 Å². The van der Waals surface area contributed by atoms with Crippen molar-refractivity contribution in [2.45, 2.75) is 12.5 Å². The van der Waals surface area contributed by atoms with Crippen LogP contribution in [0.3, 0.4) is 0 Å². The lowest BCUT2D eigenvalue weighted by Gasteiger charge is -2.14. The molecular weight excluding hydrogens is 238 g/mol. The molecule has 0 aliphatic carbocycles. The van der Waals surface area contributed by atoms with Crippen LogP contribution < -0.4 is 5.32 Å². The van der Waals surface area contributed by atoms with Gasteiger partial charge in [-0.25, -0.2) is 13.2 Å². The van der Waals surface area contributed by atoms with E-state index in [0.717, 1.165) is 0 Å². The number of sulfone groups is 1. The van der Waals surface area contributed by atoms with Crippen LogP contribution in [0.15, 0.2) is 0 Å². The van der Waals surface area contributed by atoms with Crippen molar-refractivity contribution in [3.8, 4) is 0 Å². The number of rotatable bonds is 4. The number of hydrogen-bond acceptors (Lipinski definition) is 5. The third-order valence-electron chi connectivity index (χ3n) is 2.40. The highest BCUT2D eigenvalue weighted by Crippen LogP contribution is 2.18. The van der Waals surface area contributed by atoms with Crippen LogP contribution in [0.4, 0.5) is 0 Å². The molecule has 1 aliphatic heterocycles. The van der Waals surface area contributed by atoms with Crippen LogP contribution >= 0.6 is 0 Å². The molecule has 1 amide bonds. The Labute approximate surface area is 92.4 Å². The zero-order valence-electron chi connectivity index (χ0n) is 8.42. The van der Waals surface area contributed by atoms with Gasteiger partial charge in [-0.3, -0.25) is 4.79 Å². The van der Waals surface area contributed by atoms with Gasteiger partial charge in [0.15, 0.2) is 9.84 Å². The minimum absolute atomic E-state index is 0.0536. The van der Waals surface area contributed by atoms with Gasteiger partial charge in [0, 0.05) is 0 Å². The summed E-state index contributed by atoms with van der Waals surface area (Å²) >= 11 is 0. The third kappa shape index (κ3) is 3.17. The topological polar surface area (TPSA) is 121 Å². The number of amides is 1. The van der Waals surface area contributed by atoms with E-state index >= 15 is 0 Å². The molecule has 0 bridgehead atoms. The molecule has 1 heterocycles. The molecule has 0 saturated carbocycles. The van der Waals surface area contributed by atoms with Crippen LogP contribution in [-0.2, 0) is 19.4 Å². The van der Waals surface area contributed by atoms with E-state index in [-0.39, 0.29) is 17.9 Å². The van der Waals surface area contributed by atoms with Crippen LogP contribution in [0.25, 0.3) is 0 Å². The van der Waals surface area contributed by atoms with Crippen LogP contribution in [0.2, 0.25) is 0 Å². The van der Waals surface area contributed by atoms with E-state index in [4.69, 9.17) is 10.2 Å². The fourth-order valence-corrected chi connectivity index (χ4v) is 3.22. The average Bonchev–Trinajstić information content (AvgIpc) is 2.54. The minimum atomic E-state index is -3.17. The first-order chi connectivity index (χ1) is 7.35. The number of aliphatic hydroxyl groups is 1. The monoisotopic (exact) mass is 251 g/mol. The Morgan fingerprint density at radius 2 is 2.06 bits per heavy atom. The molecule has 3 N–H and O–H groups in total. The molecule has 16 heavy (non-hydrogen) atoms. The highest BCUT2D eigenvalue weighted by Gasteiger charge is 2.34. The molecule has 92 valence electrons. The molecular formula is C8H13NO6S. The van der Waals surface area contributed by atoms with Gasteiger partial charge in [0.25, 0.3) is 0 Å². The van der Waals surface area contributed by atoms with Gasteiger partial charge in [0.05, 0.1) is 24.0 Å². The number of nitrogens with one attached hydrogen (secondary N) is 1. The summed E-state index contributed by atoms with van der Waals surface area (Å²) in [5.74, 6) is -3.00. The van der Waals surface area contributed by atoms with Gasteiger partial charge in [-0.05, 0) is 6.42 Å². The number of carboxylic acids is 1. The van der Waals surface area contributed by atoms with Gasteiger partial charge < -0.3 is 15.5 Å². The average molecular weight is 251 g/mol. The maximum atomic E-state index is 11.5. The Morgan fingerprint density at radius 3 is 2.44 bits per heavy atom. The van der Waals surface area contributed by atoms with Crippen molar-refractivity contribution in [3.05, 3.63) is 0 Å². The quantitative estimate of drug-likeness (QED) is 0.530. The van der Waals surface area contributed by atoms with Gasteiger partial charge in [-0.2, -0.15) is 0 Å². The van der Waals surface area contributed by atoms with E-state index in [0.29, 0.717) is 0 Å². The number of aliphatic hydroxyl groups excluding tert-OH is 1. The highest BCUT2D eigenvalue weighted by atomic mass is 32.2. The van der Waals surface area contributed by atoms with Crippen LogP contribution in [0.5, 0.6) is 0 Å². The molecule has 1 saturated heterocycles. The second-order valence-electron chi connectivity index (χ2n) is 3.68. The zero-order chi connectivity index (χ0) is 12.3. The summed E-state index contributed by atoms with van der Waals surface area (Å²) in [4.78, 5) is 22.0. The summed E-state index contributed by atoms with van der Waals surface area (Å²) in [7, 11) is -3.17. The molecule has 1 fully saturated rings. The van der Waals surface area contributed by atoms with Crippen LogP contribution in [-0.4, -0.2) is 54.7 Å². The first kappa shape index (κ1) is 12.9. The predicted molar refractivity (Wildman–Crippen MR) is 53.4 cm³/mol. The van der Waals surface area contributed by atoms with Crippen LogP contribution in [0.1, 0.15) is 6.42 Å². The molecule has 0 spiro atoms. The van der Waals surface area contributed by atoms with E-state index in [9.17, 15) is 18.0 Å². The third-order valence-corrected chi connectivity index (χ3v) is 4.17. The smallest absolute Gasteiger partial charge is 0.328 e. The van der Waals surface area contributed by atoms with E-state index in [2.05, 4.69) is 5.32 Å². The molecule has 0 aromatic rings. The molecule has 7 nitrogen and oxygen atoms in total. The molecule has 8 heteroatoms. The summed E-state index contributed by atoms with van der Waals surface area (Å²) in [6.07, 6.45) is 0.200. The molecule has 0 aromatic heterocycles. The lowest BCUT2D eigenvalue weighted by Crippen LogP contribution is -2.46. The second-order valence-corrected chi connectivity index (χ2v) is 5.91. The van der Waals surface area contributed by atoms with Crippen molar-refractivity contribution in [3.63, 3.8) is 0 Å².